The highest BCUT2D eigenvalue weighted by atomic mass is 15.4. The molecule has 0 unspecified atom stereocenters. The molecule has 1 aliphatic carbocycles. The maximum atomic E-state index is 9.11. The van der Waals surface area contributed by atoms with Crippen molar-refractivity contribution in [3.8, 4) is 11.8 Å². The summed E-state index contributed by atoms with van der Waals surface area (Å²) in [5.41, 5.74) is 4.82. The van der Waals surface area contributed by atoms with Gasteiger partial charge in [0.05, 0.1) is 11.4 Å². The molecule has 1 aromatic heterocycles. The van der Waals surface area contributed by atoms with Gasteiger partial charge in [-0.3, -0.25) is 0 Å². The third-order valence-corrected chi connectivity index (χ3v) is 3.37. The molecule has 0 radical (unpaired) electrons. The van der Waals surface area contributed by atoms with Crippen molar-refractivity contribution in [2.75, 3.05) is 0 Å². The number of aromatic nitrogens is 3. The Morgan fingerprint density at radius 2 is 2.11 bits per heavy atom. The van der Waals surface area contributed by atoms with Crippen molar-refractivity contribution >= 4 is 0 Å². The summed E-state index contributed by atoms with van der Waals surface area (Å²) in [7, 11) is 0. The zero-order valence-corrected chi connectivity index (χ0v) is 10.5. The van der Waals surface area contributed by atoms with Crippen LogP contribution < -0.4 is 0 Å². The first kappa shape index (κ1) is 11.0. The monoisotopic (exact) mass is 238 g/mol. The van der Waals surface area contributed by atoms with Crippen LogP contribution in [0.25, 0.3) is 5.69 Å². The topological polar surface area (TPSA) is 54.5 Å². The van der Waals surface area contributed by atoms with Gasteiger partial charge in [-0.25, -0.2) is 4.68 Å². The lowest BCUT2D eigenvalue weighted by atomic mass is 10.1. The predicted molar refractivity (Wildman–Crippen MR) is 67.5 cm³/mol. The molecule has 0 saturated heterocycles. The number of nitriles is 1. The van der Waals surface area contributed by atoms with Gasteiger partial charge in [0.25, 0.3) is 0 Å². The fraction of sp³-hybridized carbons (Fsp3) is 0.357. The van der Waals surface area contributed by atoms with E-state index in [0.29, 0.717) is 11.6 Å². The SMILES string of the molecule is Cc1ccc(C)c(-n2nnc(C#N)c2C2CC2)c1. The van der Waals surface area contributed by atoms with Crippen molar-refractivity contribution in [3.05, 3.63) is 40.7 Å². The molecule has 3 rings (SSSR count). The lowest BCUT2D eigenvalue weighted by molar-refractivity contribution is 0.759. The Morgan fingerprint density at radius 1 is 1.33 bits per heavy atom. The summed E-state index contributed by atoms with van der Waals surface area (Å²) in [6, 6.07) is 8.40. The van der Waals surface area contributed by atoms with Crippen LogP contribution in [0, 0.1) is 25.2 Å². The van der Waals surface area contributed by atoms with Crippen LogP contribution in [-0.4, -0.2) is 15.0 Å². The molecule has 4 heteroatoms. The number of nitrogens with zero attached hydrogens (tertiary/aromatic N) is 4. The van der Waals surface area contributed by atoms with Crippen LogP contribution in [0.2, 0.25) is 0 Å². The van der Waals surface area contributed by atoms with Crippen molar-refractivity contribution in [2.45, 2.75) is 32.6 Å². The minimum absolute atomic E-state index is 0.453. The number of rotatable bonds is 2. The van der Waals surface area contributed by atoms with Gasteiger partial charge in [0.1, 0.15) is 6.07 Å². The van der Waals surface area contributed by atoms with Gasteiger partial charge >= 0.3 is 0 Å². The molecule has 1 saturated carbocycles. The first-order chi connectivity index (χ1) is 8.70. The standard InChI is InChI=1S/C14H14N4/c1-9-3-4-10(2)13(7-9)18-14(11-5-6-11)12(8-15)16-17-18/h3-4,7,11H,5-6H2,1-2H3. The van der Waals surface area contributed by atoms with Crippen LogP contribution in [0.1, 0.15) is 41.3 Å². The molecule has 1 fully saturated rings. The minimum Gasteiger partial charge on any atom is -0.216 e. The molecule has 0 spiro atoms. The fourth-order valence-corrected chi connectivity index (χ4v) is 2.22. The summed E-state index contributed by atoms with van der Waals surface area (Å²) in [6.45, 7) is 4.11. The molecule has 1 aromatic carbocycles. The molecule has 0 atom stereocenters. The second-order valence-electron chi connectivity index (χ2n) is 4.91. The Bertz CT molecular complexity index is 644. The van der Waals surface area contributed by atoms with Crippen molar-refractivity contribution in [3.63, 3.8) is 0 Å². The third-order valence-electron chi connectivity index (χ3n) is 3.37. The van der Waals surface area contributed by atoms with Crippen LogP contribution in [-0.2, 0) is 0 Å². The van der Waals surface area contributed by atoms with Gasteiger partial charge < -0.3 is 0 Å². The summed E-state index contributed by atoms with van der Waals surface area (Å²) in [4.78, 5) is 0. The molecule has 0 aliphatic heterocycles. The van der Waals surface area contributed by atoms with E-state index in [1.54, 1.807) is 0 Å². The highest BCUT2D eigenvalue weighted by molar-refractivity contribution is 5.46. The van der Waals surface area contributed by atoms with Gasteiger partial charge in [-0.15, -0.1) is 5.10 Å². The molecule has 90 valence electrons. The number of aryl methyl sites for hydroxylation is 2. The van der Waals surface area contributed by atoms with Crippen molar-refractivity contribution in [2.24, 2.45) is 0 Å². The average Bonchev–Trinajstić information content (AvgIpc) is 3.12. The summed E-state index contributed by atoms with van der Waals surface area (Å²) >= 11 is 0. The molecule has 0 bridgehead atoms. The van der Waals surface area contributed by atoms with Crippen LogP contribution >= 0.6 is 0 Å². The first-order valence-corrected chi connectivity index (χ1v) is 6.14. The van der Waals surface area contributed by atoms with Gasteiger partial charge in [-0.2, -0.15) is 5.26 Å². The number of hydrogen-bond donors (Lipinski definition) is 0. The second kappa shape index (κ2) is 3.95. The first-order valence-electron chi connectivity index (χ1n) is 6.14. The molecule has 2 aromatic rings. The maximum absolute atomic E-state index is 9.11. The Hall–Kier alpha value is -2.15. The van der Waals surface area contributed by atoms with E-state index < -0.39 is 0 Å². The van der Waals surface area contributed by atoms with Crippen LogP contribution in [0.4, 0.5) is 0 Å². The second-order valence-corrected chi connectivity index (χ2v) is 4.91. The van der Waals surface area contributed by atoms with E-state index >= 15 is 0 Å². The van der Waals surface area contributed by atoms with Gasteiger partial charge in [-0.1, -0.05) is 17.3 Å². The van der Waals surface area contributed by atoms with E-state index in [0.717, 1.165) is 29.8 Å². The third kappa shape index (κ3) is 1.68. The zero-order valence-electron chi connectivity index (χ0n) is 10.5. The molecule has 4 nitrogen and oxygen atoms in total. The largest absolute Gasteiger partial charge is 0.216 e. The van der Waals surface area contributed by atoms with Crippen LogP contribution in [0.3, 0.4) is 0 Å². The molecular formula is C14H14N4. The minimum atomic E-state index is 0.453. The molecule has 18 heavy (non-hydrogen) atoms. The molecule has 1 heterocycles. The van der Waals surface area contributed by atoms with E-state index in [4.69, 9.17) is 5.26 Å². The maximum Gasteiger partial charge on any atom is 0.186 e. The molecule has 0 amide bonds. The lowest BCUT2D eigenvalue weighted by Crippen LogP contribution is -2.04. The zero-order chi connectivity index (χ0) is 12.7. The van der Waals surface area contributed by atoms with Gasteiger partial charge in [0.15, 0.2) is 5.69 Å². The Kier molecular flexibility index (Phi) is 2.41. The summed E-state index contributed by atoms with van der Waals surface area (Å²) in [5, 5.41) is 17.3. The average molecular weight is 238 g/mol. The van der Waals surface area contributed by atoms with E-state index in [2.05, 4.69) is 48.4 Å². The number of benzene rings is 1. The Labute approximate surface area is 106 Å². The summed E-state index contributed by atoms with van der Waals surface area (Å²) < 4.78 is 1.85. The predicted octanol–water partition coefficient (Wildman–Crippen LogP) is 2.63. The number of hydrogen-bond acceptors (Lipinski definition) is 3. The quantitative estimate of drug-likeness (QED) is 0.808. The molecule has 1 aliphatic rings. The van der Waals surface area contributed by atoms with Crippen LogP contribution in [0.15, 0.2) is 18.2 Å². The van der Waals surface area contributed by atoms with Gasteiger partial charge in [0.2, 0.25) is 0 Å². The van der Waals surface area contributed by atoms with E-state index in [9.17, 15) is 0 Å². The van der Waals surface area contributed by atoms with E-state index in [-0.39, 0.29) is 0 Å². The van der Waals surface area contributed by atoms with Crippen molar-refractivity contribution in [1.29, 1.82) is 5.26 Å². The normalized spacial score (nSPS) is 14.5. The van der Waals surface area contributed by atoms with Crippen LogP contribution in [0.5, 0.6) is 0 Å². The smallest absolute Gasteiger partial charge is 0.186 e. The van der Waals surface area contributed by atoms with Crippen molar-refractivity contribution in [1.82, 2.24) is 15.0 Å². The highest BCUT2D eigenvalue weighted by Crippen LogP contribution is 2.42. The fourth-order valence-electron chi connectivity index (χ4n) is 2.22. The van der Waals surface area contributed by atoms with E-state index in [1.807, 2.05) is 4.68 Å². The Balaban J connectivity index is 2.20. The molecular weight excluding hydrogens is 224 g/mol. The van der Waals surface area contributed by atoms with Gasteiger partial charge in [-0.05, 0) is 43.9 Å². The lowest BCUT2D eigenvalue weighted by Gasteiger charge is -2.09. The van der Waals surface area contributed by atoms with E-state index in [1.165, 1.54) is 5.56 Å². The summed E-state index contributed by atoms with van der Waals surface area (Å²) in [5.74, 6) is 0.453. The summed E-state index contributed by atoms with van der Waals surface area (Å²) in [6.07, 6.45) is 2.26. The highest BCUT2D eigenvalue weighted by Gasteiger charge is 2.32. The van der Waals surface area contributed by atoms with Gasteiger partial charge in [0, 0.05) is 5.92 Å². The van der Waals surface area contributed by atoms with Crippen molar-refractivity contribution < 1.29 is 0 Å². The Morgan fingerprint density at radius 3 is 2.78 bits per heavy atom. The molecule has 0 N–H and O–H groups in total.